The lowest BCUT2D eigenvalue weighted by atomic mass is 10.1. The molecule has 0 unspecified atom stereocenters. The highest BCUT2D eigenvalue weighted by Gasteiger charge is 2.32. The largest absolute Gasteiger partial charge is 0.376 e. The molecule has 0 spiro atoms. The summed E-state index contributed by atoms with van der Waals surface area (Å²) in [4.78, 5) is 26.6. The van der Waals surface area contributed by atoms with E-state index in [2.05, 4.69) is 5.32 Å². The van der Waals surface area contributed by atoms with Crippen LogP contribution in [0.2, 0.25) is 0 Å². The zero-order chi connectivity index (χ0) is 19.3. The molecule has 0 bridgehead atoms. The number of carbonyl (C=O) groups is 2. The molecule has 1 N–H and O–H groups in total. The summed E-state index contributed by atoms with van der Waals surface area (Å²) in [7, 11) is 0. The van der Waals surface area contributed by atoms with Gasteiger partial charge in [-0.05, 0) is 36.1 Å². The minimum atomic E-state index is -0.0849. The molecule has 2 aromatic carbocycles. The third kappa shape index (κ3) is 4.39. The molecule has 28 heavy (non-hydrogen) atoms. The van der Waals surface area contributed by atoms with E-state index >= 15 is 0 Å². The fourth-order valence-electron chi connectivity index (χ4n) is 3.59. The van der Waals surface area contributed by atoms with Crippen LogP contribution in [0.15, 0.2) is 54.6 Å². The standard InChI is InChI=1S/C22H24N2O3S/c25-20-15-28-22(24(20)14-16-5-2-1-3-6-16)18-10-8-17(9-11-18)21(26)23-13-19-7-4-12-27-19/h1-3,5-6,8-11,19,22H,4,7,12-15H2,(H,23,26)/t19-,22+/m0/s1. The Balaban J connectivity index is 1.40. The number of benzene rings is 2. The Hall–Kier alpha value is -2.31. The van der Waals surface area contributed by atoms with Crippen molar-refractivity contribution in [3.8, 4) is 0 Å². The van der Waals surface area contributed by atoms with Crippen molar-refractivity contribution in [2.45, 2.75) is 30.9 Å². The second-order valence-electron chi connectivity index (χ2n) is 7.14. The minimum Gasteiger partial charge on any atom is -0.376 e. The van der Waals surface area contributed by atoms with Gasteiger partial charge in [-0.2, -0.15) is 0 Å². The number of rotatable bonds is 6. The molecule has 0 radical (unpaired) electrons. The Morgan fingerprint density at radius 1 is 1.14 bits per heavy atom. The zero-order valence-corrected chi connectivity index (χ0v) is 16.5. The predicted molar refractivity (Wildman–Crippen MR) is 110 cm³/mol. The van der Waals surface area contributed by atoms with Gasteiger partial charge in [-0.3, -0.25) is 9.59 Å². The lowest BCUT2D eigenvalue weighted by molar-refractivity contribution is -0.128. The molecule has 0 aromatic heterocycles. The Bertz CT molecular complexity index is 819. The summed E-state index contributed by atoms with van der Waals surface area (Å²) < 4.78 is 5.54. The number of nitrogens with one attached hydrogen (secondary N) is 1. The van der Waals surface area contributed by atoms with Crippen molar-refractivity contribution in [3.63, 3.8) is 0 Å². The third-order valence-electron chi connectivity index (χ3n) is 5.14. The van der Waals surface area contributed by atoms with E-state index in [1.165, 1.54) is 0 Å². The maximum absolute atomic E-state index is 12.4. The monoisotopic (exact) mass is 396 g/mol. The molecule has 2 aromatic rings. The van der Waals surface area contributed by atoms with Gasteiger partial charge in [0.05, 0.1) is 11.9 Å². The summed E-state index contributed by atoms with van der Waals surface area (Å²) >= 11 is 1.63. The highest BCUT2D eigenvalue weighted by Crippen LogP contribution is 2.39. The van der Waals surface area contributed by atoms with Crippen molar-refractivity contribution in [2.24, 2.45) is 0 Å². The van der Waals surface area contributed by atoms with Crippen LogP contribution >= 0.6 is 11.8 Å². The van der Waals surface area contributed by atoms with E-state index in [4.69, 9.17) is 4.74 Å². The first-order chi connectivity index (χ1) is 13.7. The molecule has 2 heterocycles. The topological polar surface area (TPSA) is 58.6 Å². The van der Waals surface area contributed by atoms with Crippen LogP contribution in [0.25, 0.3) is 0 Å². The van der Waals surface area contributed by atoms with Crippen molar-refractivity contribution >= 4 is 23.6 Å². The van der Waals surface area contributed by atoms with Crippen molar-refractivity contribution in [3.05, 3.63) is 71.3 Å². The average Bonchev–Trinajstić information content (AvgIpc) is 3.38. The highest BCUT2D eigenvalue weighted by molar-refractivity contribution is 8.00. The van der Waals surface area contributed by atoms with Crippen molar-refractivity contribution in [1.29, 1.82) is 0 Å². The molecule has 2 aliphatic heterocycles. The normalized spacial score (nSPS) is 21.9. The lowest BCUT2D eigenvalue weighted by Crippen LogP contribution is -2.31. The van der Waals surface area contributed by atoms with Gasteiger partial charge in [0, 0.05) is 25.3 Å². The van der Waals surface area contributed by atoms with Gasteiger partial charge in [0.15, 0.2) is 0 Å². The van der Waals surface area contributed by atoms with Gasteiger partial charge in [0.2, 0.25) is 5.91 Å². The number of nitrogens with zero attached hydrogens (tertiary/aromatic N) is 1. The minimum absolute atomic E-state index is 0.0169. The van der Waals surface area contributed by atoms with Crippen LogP contribution in [-0.4, -0.2) is 41.7 Å². The summed E-state index contributed by atoms with van der Waals surface area (Å²) in [5.41, 5.74) is 2.79. The van der Waals surface area contributed by atoms with E-state index in [9.17, 15) is 9.59 Å². The quantitative estimate of drug-likeness (QED) is 0.813. The van der Waals surface area contributed by atoms with Gasteiger partial charge < -0.3 is 15.0 Å². The van der Waals surface area contributed by atoms with E-state index in [0.717, 1.165) is 30.6 Å². The van der Waals surface area contributed by atoms with Crippen LogP contribution in [0.4, 0.5) is 0 Å². The maximum Gasteiger partial charge on any atom is 0.251 e. The highest BCUT2D eigenvalue weighted by atomic mass is 32.2. The Labute approximate surface area is 169 Å². The molecule has 2 amide bonds. The van der Waals surface area contributed by atoms with Crippen LogP contribution < -0.4 is 5.32 Å². The van der Waals surface area contributed by atoms with E-state index in [1.54, 1.807) is 11.8 Å². The number of hydrogen-bond donors (Lipinski definition) is 1. The summed E-state index contributed by atoms with van der Waals surface area (Å²) in [6.45, 7) is 1.94. The number of carbonyl (C=O) groups excluding carboxylic acids is 2. The number of hydrogen-bond acceptors (Lipinski definition) is 4. The first kappa shape index (κ1) is 19.0. The molecule has 0 aliphatic carbocycles. The summed E-state index contributed by atoms with van der Waals surface area (Å²) in [5, 5.41) is 2.93. The molecule has 2 fully saturated rings. The number of amides is 2. The molecule has 2 atom stereocenters. The molecule has 5 nitrogen and oxygen atoms in total. The molecule has 4 rings (SSSR count). The summed E-state index contributed by atoms with van der Waals surface area (Å²) in [6, 6.07) is 17.6. The van der Waals surface area contributed by atoms with Gasteiger partial charge in [-0.25, -0.2) is 0 Å². The first-order valence-electron chi connectivity index (χ1n) is 9.65. The van der Waals surface area contributed by atoms with Gasteiger partial charge in [0.25, 0.3) is 5.91 Å². The van der Waals surface area contributed by atoms with Crippen molar-refractivity contribution < 1.29 is 14.3 Å². The Morgan fingerprint density at radius 2 is 1.93 bits per heavy atom. The average molecular weight is 397 g/mol. The molecular weight excluding hydrogens is 372 g/mol. The van der Waals surface area contributed by atoms with E-state index in [-0.39, 0.29) is 23.3 Å². The lowest BCUT2D eigenvalue weighted by Gasteiger charge is -2.24. The van der Waals surface area contributed by atoms with Crippen molar-refractivity contribution in [2.75, 3.05) is 18.9 Å². The Morgan fingerprint density at radius 3 is 2.64 bits per heavy atom. The van der Waals surface area contributed by atoms with Crippen LogP contribution in [0, 0.1) is 0 Å². The summed E-state index contributed by atoms with van der Waals surface area (Å²) in [5.74, 6) is 0.553. The van der Waals surface area contributed by atoms with Gasteiger partial charge >= 0.3 is 0 Å². The fourth-order valence-corrected chi connectivity index (χ4v) is 4.78. The SMILES string of the molecule is O=C(NC[C@@H]1CCCO1)c1ccc([C@H]2SCC(=O)N2Cc2ccccc2)cc1. The fraction of sp³-hybridized carbons (Fsp3) is 0.364. The molecule has 6 heteroatoms. The van der Waals surface area contributed by atoms with Crippen LogP contribution in [0.1, 0.15) is 39.7 Å². The van der Waals surface area contributed by atoms with Gasteiger partial charge in [-0.15, -0.1) is 11.8 Å². The number of ether oxygens (including phenoxy) is 1. The second-order valence-corrected chi connectivity index (χ2v) is 8.21. The molecular formula is C22H24N2O3S. The van der Waals surface area contributed by atoms with Crippen LogP contribution in [0.3, 0.4) is 0 Å². The molecule has 0 saturated carbocycles. The predicted octanol–water partition coefficient (Wildman–Crippen LogP) is 3.37. The molecule has 2 aliphatic rings. The molecule has 2 saturated heterocycles. The summed E-state index contributed by atoms with van der Waals surface area (Å²) in [6.07, 6.45) is 2.20. The first-order valence-corrected chi connectivity index (χ1v) is 10.7. The second kappa shape index (κ2) is 8.80. The van der Waals surface area contributed by atoms with Gasteiger partial charge in [-0.1, -0.05) is 42.5 Å². The smallest absolute Gasteiger partial charge is 0.251 e. The van der Waals surface area contributed by atoms with Crippen molar-refractivity contribution in [1.82, 2.24) is 10.2 Å². The number of thioether (sulfide) groups is 1. The zero-order valence-electron chi connectivity index (χ0n) is 15.7. The maximum atomic E-state index is 12.4. The van der Waals surface area contributed by atoms with E-state index in [0.29, 0.717) is 24.4 Å². The van der Waals surface area contributed by atoms with E-state index in [1.807, 2.05) is 59.5 Å². The van der Waals surface area contributed by atoms with Crippen LogP contribution in [-0.2, 0) is 16.1 Å². The Kier molecular flexibility index (Phi) is 5.98. The third-order valence-corrected chi connectivity index (χ3v) is 6.39. The van der Waals surface area contributed by atoms with Gasteiger partial charge in [0.1, 0.15) is 5.37 Å². The van der Waals surface area contributed by atoms with Crippen LogP contribution in [0.5, 0.6) is 0 Å². The molecule has 146 valence electrons. The van der Waals surface area contributed by atoms with E-state index < -0.39 is 0 Å².